The summed E-state index contributed by atoms with van der Waals surface area (Å²) in [5.41, 5.74) is 2.60. The number of aryl methyl sites for hydroxylation is 1. The molecule has 0 spiro atoms. The number of thioether (sulfide) groups is 1. The second-order valence-electron chi connectivity index (χ2n) is 10.2. The molecule has 3 aromatic rings. The molecule has 39 heavy (non-hydrogen) atoms. The van der Waals surface area contributed by atoms with Gasteiger partial charge in [0.05, 0.1) is 11.1 Å². The minimum absolute atomic E-state index is 0.0395. The Bertz CT molecular complexity index is 1450. The summed E-state index contributed by atoms with van der Waals surface area (Å²) in [6.45, 7) is 7.71. The highest BCUT2D eigenvalue weighted by Crippen LogP contribution is 2.45. The number of aliphatic imine (C=N–C) groups is 1. The first kappa shape index (κ1) is 28.3. The summed E-state index contributed by atoms with van der Waals surface area (Å²) in [5.74, 6) is 2.57. The van der Waals surface area contributed by atoms with Crippen LogP contribution in [0.4, 0.5) is 15.9 Å². The molecular formula is C29H34FN7OS. The number of nitrogens with zero attached hydrogens (tertiary/aromatic N) is 4. The van der Waals surface area contributed by atoms with Crippen molar-refractivity contribution in [3.05, 3.63) is 53.7 Å². The van der Waals surface area contributed by atoms with E-state index in [9.17, 15) is 4.79 Å². The molecule has 0 unspecified atom stereocenters. The molecule has 2 fully saturated rings. The number of carbonyl (C=O) groups excluding carboxylic acids is 1. The highest BCUT2D eigenvalue weighted by Gasteiger charge is 2.49. The van der Waals surface area contributed by atoms with Gasteiger partial charge in [-0.25, -0.2) is 14.4 Å². The Kier molecular flexibility index (Phi) is 8.40. The summed E-state index contributed by atoms with van der Waals surface area (Å²) in [7, 11) is 1.67. The third-order valence-electron chi connectivity index (χ3n) is 6.63. The number of pyridine rings is 1. The van der Waals surface area contributed by atoms with Gasteiger partial charge in [0.25, 0.3) is 0 Å². The van der Waals surface area contributed by atoms with Crippen LogP contribution in [0.1, 0.15) is 57.6 Å². The van der Waals surface area contributed by atoms with E-state index in [0.29, 0.717) is 34.2 Å². The standard InChI is InChI=1S/C25H28FN7OS.C4H6/c1-14-9-19-20(28-11-14)21(30-13-29-19)31-16-7-8-18(26)17(10-16)24(2)12-25(3,35-23(27-4)33-24)22(34)32-15-5-6-15;1-3-4-2/h7-11,13,15H,5-6,12H2,1-4H3,(H,27,33)(H,32,34)(H,29,30,31);1H,4H2,2H3/t24-,25+;/m0./s1. The Labute approximate surface area is 233 Å². The van der Waals surface area contributed by atoms with Crippen molar-refractivity contribution in [3.8, 4) is 12.3 Å². The SMILES string of the molecule is C#CCC.CN=C1N[C@](C)(c2cc(Nc3ncnc4cc(C)cnc34)ccc2F)C[C@](C)(C(=O)NC2CC2)S1. The zero-order valence-corrected chi connectivity index (χ0v) is 23.7. The van der Waals surface area contributed by atoms with Gasteiger partial charge in [-0.2, -0.15) is 0 Å². The number of terminal acetylenes is 1. The number of anilines is 2. The molecule has 1 saturated heterocycles. The molecule has 2 atom stereocenters. The molecule has 1 amide bonds. The molecular weight excluding hydrogens is 513 g/mol. The number of fused-ring (bicyclic) bond motifs is 1. The van der Waals surface area contributed by atoms with Gasteiger partial charge in [0.2, 0.25) is 5.91 Å². The smallest absolute Gasteiger partial charge is 0.236 e. The van der Waals surface area contributed by atoms with E-state index in [0.717, 1.165) is 30.3 Å². The van der Waals surface area contributed by atoms with Gasteiger partial charge in [-0.05, 0) is 69.9 Å². The lowest BCUT2D eigenvalue weighted by Crippen LogP contribution is -2.58. The van der Waals surface area contributed by atoms with Gasteiger partial charge in [-0.15, -0.1) is 12.3 Å². The number of benzene rings is 1. The Hall–Kier alpha value is -3.71. The lowest BCUT2D eigenvalue weighted by atomic mass is 9.81. The summed E-state index contributed by atoms with van der Waals surface area (Å²) in [6, 6.07) is 7.03. The fourth-order valence-corrected chi connectivity index (χ4v) is 5.79. The number of halogens is 1. The predicted molar refractivity (Wildman–Crippen MR) is 157 cm³/mol. The molecule has 0 radical (unpaired) electrons. The molecule has 1 aliphatic carbocycles. The largest absolute Gasteiger partial charge is 0.355 e. The molecule has 204 valence electrons. The first-order chi connectivity index (χ1) is 18.6. The molecule has 1 saturated carbocycles. The van der Waals surface area contributed by atoms with Crippen LogP contribution in [0.15, 0.2) is 41.8 Å². The second kappa shape index (κ2) is 11.6. The monoisotopic (exact) mass is 547 g/mol. The average molecular weight is 548 g/mol. The van der Waals surface area contributed by atoms with Gasteiger partial charge in [0.15, 0.2) is 11.0 Å². The number of carbonyl (C=O) groups is 1. The lowest BCUT2D eigenvalue weighted by molar-refractivity contribution is -0.123. The zero-order chi connectivity index (χ0) is 28.2. The molecule has 3 heterocycles. The van der Waals surface area contributed by atoms with E-state index in [1.165, 1.54) is 24.2 Å². The molecule has 2 aromatic heterocycles. The van der Waals surface area contributed by atoms with Crippen molar-refractivity contribution in [2.45, 2.75) is 69.7 Å². The van der Waals surface area contributed by atoms with Crippen LogP contribution in [0.25, 0.3) is 11.0 Å². The number of amides is 1. The van der Waals surface area contributed by atoms with Crippen LogP contribution in [0.2, 0.25) is 0 Å². The molecule has 8 nitrogen and oxygen atoms in total. The van der Waals surface area contributed by atoms with Crippen LogP contribution in [0, 0.1) is 25.1 Å². The molecule has 1 aliphatic heterocycles. The van der Waals surface area contributed by atoms with Gasteiger partial charge in [0, 0.05) is 37.0 Å². The van der Waals surface area contributed by atoms with Crippen LogP contribution >= 0.6 is 11.8 Å². The summed E-state index contributed by atoms with van der Waals surface area (Å²) < 4.78 is 14.5. The summed E-state index contributed by atoms with van der Waals surface area (Å²) >= 11 is 1.39. The van der Waals surface area contributed by atoms with Crippen molar-refractivity contribution in [1.29, 1.82) is 0 Å². The summed E-state index contributed by atoms with van der Waals surface area (Å²) in [5, 5.41) is 10.4. The van der Waals surface area contributed by atoms with E-state index in [2.05, 4.69) is 41.8 Å². The highest BCUT2D eigenvalue weighted by atomic mass is 32.2. The number of hydrogen-bond acceptors (Lipinski definition) is 7. The maximum absolute atomic E-state index is 15.3. The van der Waals surface area contributed by atoms with E-state index in [4.69, 9.17) is 6.42 Å². The normalized spacial score (nSPS) is 23.3. The third kappa shape index (κ3) is 6.48. The van der Waals surface area contributed by atoms with Gasteiger partial charge < -0.3 is 16.0 Å². The van der Waals surface area contributed by atoms with Crippen LogP contribution in [-0.2, 0) is 10.3 Å². The zero-order valence-electron chi connectivity index (χ0n) is 22.9. The fraction of sp³-hybridized carbons (Fsp3) is 0.414. The summed E-state index contributed by atoms with van der Waals surface area (Å²) in [6.07, 6.45) is 11.3. The maximum Gasteiger partial charge on any atom is 0.236 e. The fourth-order valence-electron chi connectivity index (χ4n) is 4.48. The van der Waals surface area contributed by atoms with E-state index < -0.39 is 10.3 Å². The van der Waals surface area contributed by atoms with Crippen molar-refractivity contribution in [2.75, 3.05) is 12.4 Å². The molecule has 1 aromatic carbocycles. The second-order valence-corrected chi connectivity index (χ2v) is 11.7. The van der Waals surface area contributed by atoms with Crippen molar-refractivity contribution >= 4 is 45.4 Å². The van der Waals surface area contributed by atoms with Crippen molar-refractivity contribution in [3.63, 3.8) is 0 Å². The van der Waals surface area contributed by atoms with E-state index >= 15 is 4.39 Å². The van der Waals surface area contributed by atoms with Crippen molar-refractivity contribution in [2.24, 2.45) is 4.99 Å². The highest BCUT2D eigenvalue weighted by molar-refractivity contribution is 8.15. The van der Waals surface area contributed by atoms with Crippen LogP contribution in [-0.4, -0.2) is 43.9 Å². The van der Waals surface area contributed by atoms with Crippen molar-refractivity contribution in [1.82, 2.24) is 25.6 Å². The van der Waals surface area contributed by atoms with Gasteiger partial charge in [-0.3, -0.25) is 14.8 Å². The number of nitrogens with one attached hydrogen (secondary N) is 3. The molecule has 10 heteroatoms. The minimum atomic E-state index is -0.861. The van der Waals surface area contributed by atoms with Gasteiger partial charge in [-0.1, -0.05) is 18.7 Å². The van der Waals surface area contributed by atoms with E-state index in [-0.39, 0.29) is 17.8 Å². The van der Waals surface area contributed by atoms with Gasteiger partial charge in [0.1, 0.15) is 22.4 Å². The Morgan fingerprint density at radius 3 is 2.69 bits per heavy atom. The molecule has 5 rings (SSSR count). The van der Waals surface area contributed by atoms with Crippen molar-refractivity contribution < 1.29 is 9.18 Å². The number of amidine groups is 1. The van der Waals surface area contributed by atoms with E-state index in [1.54, 1.807) is 25.4 Å². The Morgan fingerprint density at radius 2 is 2.03 bits per heavy atom. The Balaban J connectivity index is 0.000000826. The Morgan fingerprint density at radius 1 is 1.28 bits per heavy atom. The predicted octanol–water partition coefficient (Wildman–Crippen LogP) is 5.21. The van der Waals surface area contributed by atoms with Crippen LogP contribution in [0.5, 0.6) is 0 Å². The van der Waals surface area contributed by atoms with Gasteiger partial charge >= 0.3 is 0 Å². The number of aromatic nitrogens is 3. The molecule has 2 aliphatic rings. The first-order valence-electron chi connectivity index (χ1n) is 12.9. The first-order valence-corrected chi connectivity index (χ1v) is 13.7. The van der Waals surface area contributed by atoms with Crippen LogP contribution in [0.3, 0.4) is 0 Å². The maximum atomic E-state index is 15.3. The van der Waals surface area contributed by atoms with E-state index in [1.807, 2.05) is 33.8 Å². The minimum Gasteiger partial charge on any atom is -0.355 e. The molecule has 3 N–H and O–H groups in total. The molecule has 0 bridgehead atoms. The number of hydrogen-bond donors (Lipinski definition) is 3. The quantitative estimate of drug-likeness (QED) is 0.377. The lowest BCUT2D eigenvalue weighted by Gasteiger charge is -2.45. The number of rotatable bonds is 5. The topological polar surface area (TPSA) is 104 Å². The third-order valence-corrected chi connectivity index (χ3v) is 7.89. The average Bonchev–Trinajstić information content (AvgIpc) is 3.73. The van der Waals surface area contributed by atoms with Crippen LogP contribution < -0.4 is 16.0 Å². The summed E-state index contributed by atoms with van der Waals surface area (Å²) in [4.78, 5) is 30.6.